The highest BCUT2D eigenvalue weighted by atomic mass is 16.6. The summed E-state index contributed by atoms with van der Waals surface area (Å²) >= 11 is 0. The first-order valence-electron chi connectivity index (χ1n) is 8.46. The van der Waals surface area contributed by atoms with E-state index in [4.69, 9.17) is 15.6 Å². The molecule has 6 heteroatoms. The molecule has 0 aliphatic rings. The first kappa shape index (κ1) is 16.8. The maximum absolute atomic E-state index is 5.50. The van der Waals surface area contributed by atoms with Crippen LogP contribution in [-0.4, -0.2) is 34.8 Å². The van der Waals surface area contributed by atoms with E-state index in [2.05, 4.69) is 33.9 Å². The number of aromatic amines is 1. The van der Waals surface area contributed by atoms with Crippen molar-refractivity contribution in [3.8, 4) is 0 Å². The van der Waals surface area contributed by atoms with E-state index in [9.17, 15) is 0 Å². The van der Waals surface area contributed by atoms with Gasteiger partial charge < -0.3 is 14.6 Å². The van der Waals surface area contributed by atoms with Crippen LogP contribution in [0.25, 0.3) is 21.9 Å². The van der Waals surface area contributed by atoms with Crippen LogP contribution in [0.5, 0.6) is 0 Å². The van der Waals surface area contributed by atoms with Crippen LogP contribution < -0.4 is 5.90 Å². The summed E-state index contributed by atoms with van der Waals surface area (Å²) in [7, 11) is 0. The van der Waals surface area contributed by atoms with Gasteiger partial charge in [0.05, 0.1) is 41.8 Å². The highest BCUT2D eigenvalue weighted by Crippen LogP contribution is 2.31. The van der Waals surface area contributed by atoms with Crippen molar-refractivity contribution < 1.29 is 9.57 Å². The van der Waals surface area contributed by atoms with Gasteiger partial charge in [-0.15, -0.1) is 0 Å². The molecule has 3 rings (SSSR count). The lowest BCUT2D eigenvalue weighted by atomic mass is 9.94. The number of benzene rings is 1. The lowest BCUT2D eigenvalue weighted by Gasteiger charge is -2.16. The summed E-state index contributed by atoms with van der Waals surface area (Å²) < 4.78 is 5.50. The Morgan fingerprint density at radius 2 is 2.08 bits per heavy atom. The smallest absolute Gasteiger partial charge is 0.0995 e. The summed E-state index contributed by atoms with van der Waals surface area (Å²) in [4.78, 5) is 17.2. The topological polar surface area (TPSA) is 86.1 Å². The highest BCUT2D eigenvalue weighted by Gasteiger charge is 2.18. The van der Waals surface area contributed by atoms with Crippen molar-refractivity contribution in [3.63, 3.8) is 0 Å². The van der Waals surface area contributed by atoms with E-state index in [-0.39, 0.29) is 0 Å². The van der Waals surface area contributed by atoms with Crippen molar-refractivity contribution in [1.82, 2.24) is 15.0 Å². The quantitative estimate of drug-likeness (QED) is 0.465. The summed E-state index contributed by atoms with van der Waals surface area (Å²) in [5.74, 6) is 5.36. The van der Waals surface area contributed by atoms with E-state index >= 15 is 0 Å². The Bertz CT molecular complexity index is 787. The molecule has 0 radical (unpaired) electrons. The summed E-state index contributed by atoms with van der Waals surface area (Å²) in [6.07, 6.45) is 4.79. The maximum Gasteiger partial charge on any atom is 0.0995 e. The molecule has 0 aliphatic heterocycles. The van der Waals surface area contributed by atoms with Crippen molar-refractivity contribution in [2.75, 3.05) is 19.8 Å². The number of hydrogen-bond donors (Lipinski definition) is 2. The lowest BCUT2D eigenvalue weighted by Crippen LogP contribution is -2.09. The summed E-state index contributed by atoms with van der Waals surface area (Å²) in [5, 5.41) is 1.09. The molecule has 0 amide bonds. The van der Waals surface area contributed by atoms with Gasteiger partial charge in [-0.3, -0.25) is 4.98 Å². The molecule has 128 valence electrons. The molecular weight excluding hydrogens is 304 g/mol. The van der Waals surface area contributed by atoms with E-state index in [0.29, 0.717) is 25.7 Å². The number of nitrogens with one attached hydrogen (secondary N) is 1. The zero-order valence-electron chi connectivity index (χ0n) is 14.0. The predicted octanol–water partition coefficient (Wildman–Crippen LogP) is 3.29. The van der Waals surface area contributed by atoms with Crippen LogP contribution in [0.15, 0.2) is 30.6 Å². The molecule has 1 aromatic carbocycles. The average molecular weight is 328 g/mol. The number of nitrogens with zero attached hydrogens (tertiary/aromatic N) is 2. The molecule has 2 heterocycles. The number of ether oxygens (including phenoxy) is 1. The Balaban J connectivity index is 1.79. The van der Waals surface area contributed by atoms with Crippen molar-refractivity contribution in [3.05, 3.63) is 36.3 Å². The van der Waals surface area contributed by atoms with Crippen LogP contribution in [0.4, 0.5) is 0 Å². The van der Waals surface area contributed by atoms with Gasteiger partial charge in [0.1, 0.15) is 0 Å². The number of H-pyrrole nitrogens is 1. The zero-order valence-corrected chi connectivity index (χ0v) is 14.0. The fraction of sp³-hybridized carbons (Fsp3) is 0.444. The van der Waals surface area contributed by atoms with Gasteiger partial charge in [0, 0.05) is 17.9 Å². The van der Waals surface area contributed by atoms with Gasteiger partial charge in [-0.1, -0.05) is 25.1 Å². The Labute approximate surface area is 141 Å². The Morgan fingerprint density at radius 1 is 1.21 bits per heavy atom. The first-order chi connectivity index (χ1) is 11.8. The van der Waals surface area contributed by atoms with E-state index in [1.165, 1.54) is 0 Å². The van der Waals surface area contributed by atoms with Crippen LogP contribution in [0, 0.1) is 0 Å². The maximum atomic E-state index is 5.50. The Morgan fingerprint density at radius 3 is 2.92 bits per heavy atom. The molecule has 0 aliphatic carbocycles. The molecule has 24 heavy (non-hydrogen) atoms. The van der Waals surface area contributed by atoms with Gasteiger partial charge >= 0.3 is 0 Å². The Hall–Kier alpha value is -2.02. The first-order valence-corrected chi connectivity index (χ1v) is 8.46. The third-order valence-electron chi connectivity index (χ3n) is 4.36. The minimum atomic E-state index is 0.381. The molecule has 6 nitrogen and oxygen atoms in total. The van der Waals surface area contributed by atoms with Gasteiger partial charge in [-0.25, -0.2) is 10.9 Å². The van der Waals surface area contributed by atoms with Crippen LogP contribution in [0.1, 0.15) is 37.8 Å². The number of nitrogens with two attached hydrogens (primary N) is 1. The lowest BCUT2D eigenvalue weighted by molar-refractivity contribution is 0.0459. The van der Waals surface area contributed by atoms with Crippen LogP contribution in [-0.2, 0) is 9.57 Å². The molecule has 3 aromatic rings. The van der Waals surface area contributed by atoms with E-state index in [0.717, 1.165) is 46.9 Å². The summed E-state index contributed by atoms with van der Waals surface area (Å²) in [6.45, 7) is 3.87. The molecule has 1 unspecified atom stereocenters. The molecule has 0 fully saturated rings. The number of imidazole rings is 1. The SMILES string of the molecule is CCC(CCCOCCON)c1nc2ccccc2c2nc[nH]c12. The number of rotatable bonds is 9. The van der Waals surface area contributed by atoms with E-state index in [1.54, 1.807) is 6.33 Å². The summed E-state index contributed by atoms with van der Waals surface area (Å²) in [6, 6.07) is 8.17. The third kappa shape index (κ3) is 3.56. The van der Waals surface area contributed by atoms with E-state index < -0.39 is 0 Å². The molecule has 3 N–H and O–H groups in total. The third-order valence-corrected chi connectivity index (χ3v) is 4.36. The van der Waals surface area contributed by atoms with Crippen molar-refractivity contribution in [2.24, 2.45) is 5.90 Å². The molecule has 2 aromatic heterocycles. The largest absolute Gasteiger partial charge is 0.379 e. The van der Waals surface area contributed by atoms with Gasteiger partial charge in [-0.05, 0) is 25.3 Å². The fourth-order valence-corrected chi connectivity index (χ4v) is 3.12. The van der Waals surface area contributed by atoms with Crippen LogP contribution in [0.3, 0.4) is 0 Å². The number of pyridine rings is 1. The second-order valence-corrected chi connectivity index (χ2v) is 5.87. The molecule has 0 saturated heterocycles. The molecule has 0 spiro atoms. The molecule has 1 atom stereocenters. The van der Waals surface area contributed by atoms with Crippen molar-refractivity contribution in [2.45, 2.75) is 32.1 Å². The minimum Gasteiger partial charge on any atom is -0.379 e. The number of para-hydroxylation sites is 1. The van der Waals surface area contributed by atoms with Crippen LogP contribution >= 0.6 is 0 Å². The normalized spacial score (nSPS) is 12.9. The summed E-state index contributed by atoms with van der Waals surface area (Å²) in [5.41, 5.74) is 4.17. The second kappa shape index (κ2) is 8.19. The molecule has 0 bridgehead atoms. The second-order valence-electron chi connectivity index (χ2n) is 5.87. The highest BCUT2D eigenvalue weighted by molar-refractivity contribution is 6.02. The van der Waals surface area contributed by atoms with Gasteiger partial charge in [-0.2, -0.15) is 0 Å². The Kier molecular flexibility index (Phi) is 5.74. The van der Waals surface area contributed by atoms with Gasteiger partial charge in [0.25, 0.3) is 0 Å². The van der Waals surface area contributed by atoms with Gasteiger partial charge in [0.2, 0.25) is 0 Å². The average Bonchev–Trinajstić information content (AvgIpc) is 3.11. The minimum absolute atomic E-state index is 0.381. The predicted molar refractivity (Wildman–Crippen MR) is 94.6 cm³/mol. The van der Waals surface area contributed by atoms with Crippen molar-refractivity contribution >= 4 is 21.9 Å². The molecule has 0 saturated carbocycles. The van der Waals surface area contributed by atoms with Crippen LogP contribution in [0.2, 0.25) is 0 Å². The fourth-order valence-electron chi connectivity index (χ4n) is 3.12. The monoisotopic (exact) mass is 328 g/mol. The molecular formula is C18H24N4O2. The number of hydrogen-bond acceptors (Lipinski definition) is 5. The van der Waals surface area contributed by atoms with Crippen molar-refractivity contribution in [1.29, 1.82) is 0 Å². The van der Waals surface area contributed by atoms with Gasteiger partial charge in [0.15, 0.2) is 0 Å². The number of aromatic nitrogens is 3. The zero-order chi connectivity index (χ0) is 16.8. The van der Waals surface area contributed by atoms with E-state index in [1.807, 2.05) is 12.1 Å². The number of fused-ring (bicyclic) bond motifs is 3. The standard InChI is InChI=1S/C18H24N4O2/c1-2-13(6-5-9-23-10-11-24-19)16-18-17(20-12-21-18)14-7-3-4-8-15(14)22-16/h3-4,7-8,12-13H,2,5-6,9-11,19H2,1H3,(H,20,21).